The highest BCUT2D eigenvalue weighted by Crippen LogP contribution is 2.26. The lowest BCUT2D eigenvalue weighted by Crippen LogP contribution is -2.24. The number of nitrogens with one attached hydrogen (secondary N) is 1. The second-order valence-corrected chi connectivity index (χ2v) is 9.53. The van der Waals surface area contributed by atoms with E-state index in [0.717, 1.165) is 11.1 Å². The first-order valence-electron chi connectivity index (χ1n) is 10.9. The summed E-state index contributed by atoms with van der Waals surface area (Å²) in [5.74, 6) is -0.329. The Morgan fingerprint density at radius 3 is 2.24 bits per heavy atom. The summed E-state index contributed by atoms with van der Waals surface area (Å²) in [5.41, 5.74) is 1.92. The van der Waals surface area contributed by atoms with Crippen LogP contribution in [-0.4, -0.2) is 27.0 Å². The largest absolute Gasteiger partial charge is 0.463 e. The predicted molar refractivity (Wildman–Crippen MR) is 127 cm³/mol. The molecule has 0 aliphatic rings. The molecule has 0 heterocycles. The van der Waals surface area contributed by atoms with Crippen molar-refractivity contribution < 1.29 is 22.1 Å². The first-order valence-corrected chi connectivity index (χ1v) is 12.3. The van der Waals surface area contributed by atoms with E-state index >= 15 is 0 Å². The Labute approximate surface area is 195 Å². The highest BCUT2D eigenvalue weighted by Gasteiger charge is 2.21. The maximum Gasteiger partial charge on any atom is 0.339 e. The van der Waals surface area contributed by atoms with Crippen LogP contribution >= 0.6 is 0 Å². The zero-order chi connectivity index (χ0) is 23.7. The molecule has 1 unspecified atom stereocenters. The second-order valence-electron chi connectivity index (χ2n) is 7.98. The van der Waals surface area contributed by atoms with E-state index in [9.17, 15) is 13.2 Å². The van der Waals surface area contributed by atoms with Crippen LogP contribution in [0.5, 0.6) is 5.75 Å². The molecule has 1 N–H and O–H groups in total. The maximum absolute atomic E-state index is 12.6. The molecule has 174 valence electrons. The van der Waals surface area contributed by atoms with E-state index in [4.69, 9.17) is 8.92 Å². The zero-order valence-corrected chi connectivity index (χ0v) is 19.6. The van der Waals surface area contributed by atoms with E-state index in [1.165, 1.54) is 12.1 Å². The number of benzene rings is 3. The third-order valence-corrected chi connectivity index (χ3v) is 6.17. The summed E-state index contributed by atoms with van der Waals surface area (Å²) in [6.45, 7) is 4.78. The van der Waals surface area contributed by atoms with Gasteiger partial charge in [-0.05, 0) is 49.2 Å². The van der Waals surface area contributed by atoms with Crippen LogP contribution in [0.2, 0.25) is 0 Å². The van der Waals surface area contributed by atoms with Crippen molar-refractivity contribution in [2.24, 2.45) is 0 Å². The molecule has 0 aliphatic carbocycles. The van der Waals surface area contributed by atoms with Gasteiger partial charge in [0.2, 0.25) is 0 Å². The van der Waals surface area contributed by atoms with Crippen molar-refractivity contribution in [2.45, 2.75) is 43.7 Å². The van der Waals surface area contributed by atoms with Crippen molar-refractivity contribution >= 4 is 16.1 Å². The summed E-state index contributed by atoms with van der Waals surface area (Å²) in [6.07, 6.45) is -0.0457. The molecular weight excluding hydrogens is 438 g/mol. The standard InChI is InChI=1S/C26H29NO5S/c1-20(2)31-26(28)17-23(19-27-18-21-10-5-3-6-11-21)22-12-9-13-24(16-22)32-33(29,30)25-14-7-4-8-15-25/h3-16,20,23,27H,17-19H2,1-2H3. The van der Waals surface area contributed by atoms with E-state index in [0.29, 0.717) is 13.1 Å². The van der Waals surface area contributed by atoms with Gasteiger partial charge in [0, 0.05) is 19.0 Å². The van der Waals surface area contributed by atoms with Gasteiger partial charge in [0.1, 0.15) is 10.6 Å². The lowest BCUT2D eigenvalue weighted by Gasteiger charge is -2.19. The number of carbonyl (C=O) groups is 1. The van der Waals surface area contributed by atoms with Gasteiger partial charge in [-0.2, -0.15) is 8.42 Å². The molecular formula is C26H29NO5S. The van der Waals surface area contributed by atoms with Gasteiger partial charge in [-0.3, -0.25) is 4.79 Å². The Morgan fingerprint density at radius 2 is 1.58 bits per heavy atom. The minimum absolute atomic E-state index is 0.0805. The molecule has 0 aliphatic heterocycles. The Balaban J connectivity index is 1.76. The SMILES string of the molecule is CC(C)OC(=O)CC(CNCc1ccccc1)c1cccc(OS(=O)(=O)c2ccccc2)c1. The summed E-state index contributed by atoms with van der Waals surface area (Å²) < 4.78 is 35.9. The molecule has 0 fully saturated rings. The fraction of sp³-hybridized carbons (Fsp3) is 0.269. The van der Waals surface area contributed by atoms with Gasteiger partial charge in [0.25, 0.3) is 0 Å². The van der Waals surface area contributed by atoms with Crippen molar-refractivity contribution in [1.29, 1.82) is 0 Å². The third-order valence-electron chi connectivity index (χ3n) is 4.91. The van der Waals surface area contributed by atoms with E-state index in [2.05, 4.69) is 5.32 Å². The molecule has 0 aromatic heterocycles. The average molecular weight is 468 g/mol. The van der Waals surface area contributed by atoms with Crippen molar-refractivity contribution in [3.63, 3.8) is 0 Å². The number of ether oxygens (including phenoxy) is 1. The molecule has 7 heteroatoms. The molecule has 33 heavy (non-hydrogen) atoms. The lowest BCUT2D eigenvalue weighted by molar-refractivity contribution is -0.147. The molecule has 0 saturated carbocycles. The highest BCUT2D eigenvalue weighted by atomic mass is 32.2. The van der Waals surface area contributed by atoms with Gasteiger partial charge >= 0.3 is 16.1 Å². The Bertz CT molecular complexity index is 1130. The minimum Gasteiger partial charge on any atom is -0.463 e. The molecule has 3 aromatic carbocycles. The third kappa shape index (κ3) is 7.73. The molecule has 3 rings (SSSR count). The van der Waals surface area contributed by atoms with Crippen LogP contribution < -0.4 is 9.50 Å². The van der Waals surface area contributed by atoms with Crippen molar-refractivity contribution in [1.82, 2.24) is 5.32 Å². The lowest BCUT2D eigenvalue weighted by atomic mass is 9.95. The van der Waals surface area contributed by atoms with E-state index in [-0.39, 0.29) is 35.1 Å². The summed E-state index contributed by atoms with van der Waals surface area (Å²) >= 11 is 0. The predicted octanol–water partition coefficient (Wildman–Crippen LogP) is 4.67. The number of hydrogen-bond donors (Lipinski definition) is 1. The number of esters is 1. The van der Waals surface area contributed by atoms with Crippen LogP contribution in [0.25, 0.3) is 0 Å². The summed E-state index contributed by atoms with van der Waals surface area (Å²) in [6, 6.07) is 24.8. The minimum atomic E-state index is -3.95. The Morgan fingerprint density at radius 1 is 0.909 bits per heavy atom. The number of carbonyl (C=O) groups excluding carboxylic acids is 1. The average Bonchev–Trinajstić information content (AvgIpc) is 2.79. The monoisotopic (exact) mass is 467 g/mol. The normalized spacial score (nSPS) is 12.3. The first kappa shape index (κ1) is 24.5. The molecule has 6 nitrogen and oxygen atoms in total. The van der Waals surface area contributed by atoms with Gasteiger partial charge in [-0.15, -0.1) is 0 Å². The van der Waals surface area contributed by atoms with Gasteiger partial charge in [-0.1, -0.05) is 60.7 Å². The smallest absolute Gasteiger partial charge is 0.339 e. The molecule has 0 spiro atoms. The van der Waals surface area contributed by atoms with E-state index in [1.807, 2.05) is 50.2 Å². The van der Waals surface area contributed by atoms with Gasteiger partial charge in [-0.25, -0.2) is 0 Å². The summed E-state index contributed by atoms with van der Waals surface area (Å²) in [7, 11) is -3.95. The van der Waals surface area contributed by atoms with Crippen molar-refractivity contribution in [2.75, 3.05) is 6.54 Å². The fourth-order valence-electron chi connectivity index (χ4n) is 3.39. The topological polar surface area (TPSA) is 81.7 Å². The van der Waals surface area contributed by atoms with Crippen molar-refractivity contribution in [3.8, 4) is 5.75 Å². The summed E-state index contributed by atoms with van der Waals surface area (Å²) in [5, 5.41) is 3.39. The first-order chi connectivity index (χ1) is 15.8. The summed E-state index contributed by atoms with van der Waals surface area (Å²) in [4.78, 5) is 12.5. The number of rotatable bonds is 11. The quantitative estimate of drug-likeness (QED) is 0.326. The van der Waals surface area contributed by atoms with Gasteiger partial charge in [0.15, 0.2) is 0 Å². The van der Waals surface area contributed by atoms with Crippen LogP contribution in [0.4, 0.5) is 0 Å². The molecule has 0 radical (unpaired) electrons. The number of hydrogen-bond acceptors (Lipinski definition) is 6. The second kappa shape index (κ2) is 11.6. The maximum atomic E-state index is 12.6. The molecule has 3 aromatic rings. The van der Waals surface area contributed by atoms with Crippen LogP contribution in [0.3, 0.4) is 0 Å². The van der Waals surface area contributed by atoms with Gasteiger partial charge < -0.3 is 14.2 Å². The zero-order valence-electron chi connectivity index (χ0n) is 18.8. The fourth-order valence-corrected chi connectivity index (χ4v) is 4.33. The molecule has 0 bridgehead atoms. The molecule has 0 saturated heterocycles. The van der Waals surface area contributed by atoms with Crippen molar-refractivity contribution in [3.05, 3.63) is 96.1 Å². The van der Waals surface area contributed by atoms with Crippen LogP contribution in [0.15, 0.2) is 89.8 Å². The van der Waals surface area contributed by atoms with Crippen LogP contribution in [0.1, 0.15) is 37.3 Å². The van der Waals surface area contributed by atoms with Gasteiger partial charge in [0.05, 0.1) is 12.5 Å². The molecule has 1 atom stereocenters. The molecule has 0 amide bonds. The van der Waals surface area contributed by atoms with Crippen LogP contribution in [-0.2, 0) is 26.2 Å². The van der Waals surface area contributed by atoms with E-state index in [1.54, 1.807) is 36.4 Å². The Kier molecular flexibility index (Phi) is 8.63. The Hall–Kier alpha value is -3.16. The highest BCUT2D eigenvalue weighted by molar-refractivity contribution is 7.87. The van der Waals surface area contributed by atoms with E-state index < -0.39 is 10.1 Å². The van der Waals surface area contributed by atoms with Crippen LogP contribution in [0, 0.1) is 0 Å².